The van der Waals surface area contributed by atoms with Gasteiger partial charge in [0.1, 0.15) is 5.75 Å². The van der Waals surface area contributed by atoms with Crippen molar-refractivity contribution in [2.75, 3.05) is 13.7 Å². The minimum atomic E-state index is -3.62. The minimum Gasteiger partial charge on any atom is -0.508 e. The molecule has 0 heterocycles. The van der Waals surface area contributed by atoms with Gasteiger partial charge in [-0.3, -0.25) is 0 Å². The summed E-state index contributed by atoms with van der Waals surface area (Å²) in [6.45, 7) is 2.30. The van der Waals surface area contributed by atoms with E-state index in [0.717, 1.165) is 6.42 Å². The molecule has 0 aliphatic heterocycles. The quantitative estimate of drug-likeness (QED) is 0.789. The summed E-state index contributed by atoms with van der Waals surface area (Å²) in [7, 11) is -2.08. The molecular weight excluding hydrogens is 254 g/mol. The fourth-order valence-corrected chi connectivity index (χ4v) is 2.96. The molecule has 0 aliphatic carbocycles. The van der Waals surface area contributed by atoms with Crippen molar-refractivity contribution in [3.05, 3.63) is 24.3 Å². The van der Waals surface area contributed by atoms with Crippen LogP contribution >= 0.6 is 0 Å². The van der Waals surface area contributed by atoms with E-state index >= 15 is 0 Å². The van der Waals surface area contributed by atoms with Crippen LogP contribution in [-0.4, -0.2) is 33.3 Å². The van der Waals surface area contributed by atoms with E-state index in [4.69, 9.17) is 4.74 Å². The predicted octanol–water partition coefficient (Wildman–Crippen LogP) is 1.49. The van der Waals surface area contributed by atoms with Gasteiger partial charge in [0.25, 0.3) is 0 Å². The summed E-state index contributed by atoms with van der Waals surface area (Å²) in [4.78, 5) is 0.0553. The summed E-state index contributed by atoms with van der Waals surface area (Å²) >= 11 is 0. The summed E-state index contributed by atoms with van der Waals surface area (Å²) in [5, 5.41) is 9.30. The molecule has 1 aromatic carbocycles. The molecule has 0 bridgehead atoms. The lowest BCUT2D eigenvalue weighted by atomic mass is 10.2. The molecule has 0 aromatic heterocycles. The highest BCUT2D eigenvalue weighted by atomic mass is 32.2. The lowest BCUT2D eigenvalue weighted by Gasteiger charge is -2.17. The minimum absolute atomic E-state index is 0.0553. The van der Waals surface area contributed by atoms with Gasteiger partial charge < -0.3 is 9.84 Å². The van der Waals surface area contributed by atoms with Crippen molar-refractivity contribution in [1.82, 2.24) is 4.72 Å². The van der Waals surface area contributed by atoms with E-state index in [1.807, 2.05) is 6.92 Å². The Hall–Kier alpha value is -1.11. The average molecular weight is 273 g/mol. The SMILES string of the molecule is CCCC(COC)NS(=O)(=O)c1cccc(O)c1. The molecule has 0 spiro atoms. The van der Waals surface area contributed by atoms with Crippen molar-refractivity contribution < 1.29 is 18.3 Å². The number of ether oxygens (including phenoxy) is 1. The van der Waals surface area contributed by atoms with Crippen LogP contribution in [0.5, 0.6) is 5.75 Å². The number of benzene rings is 1. The van der Waals surface area contributed by atoms with E-state index in [2.05, 4.69) is 4.72 Å². The zero-order valence-corrected chi connectivity index (χ0v) is 11.4. The first kappa shape index (κ1) is 14.9. The van der Waals surface area contributed by atoms with Gasteiger partial charge in [0.05, 0.1) is 11.5 Å². The van der Waals surface area contributed by atoms with Gasteiger partial charge in [-0.15, -0.1) is 0 Å². The highest BCUT2D eigenvalue weighted by Crippen LogP contribution is 2.16. The Labute approximate surface area is 108 Å². The van der Waals surface area contributed by atoms with Crippen molar-refractivity contribution in [2.24, 2.45) is 0 Å². The molecule has 0 saturated heterocycles. The van der Waals surface area contributed by atoms with Crippen LogP contribution in [0.15, 0.2) is 29.2 Å². The first-order valence-corrected chi connectivity index (χ1v) is 7.28. The summed E-state index contributed by atoms with van der Waals surface area (Å²) < 4.78 is 31.7. The van der Waals surface area contributed by atoms with Gasteiger partial charge in [-0.25, -0.2) is 13.1 Å². The molecule has 1 rings (SSSR count). The van der Waals surface area contributed by atoms with Gasteiger partial charge in [-0.2, -0.15) is 0 Å². The zero-order valence-electron chi connectivity index (χ0n) is 10.6. The largest absolute Gasteiger partial charge is 0.508 e. The third-order valence-electron chi connectivity index (χ3n) is 2.45. The van der Waals surface area contributed by atoms with Gasteiger partial charge in [-0.05, 0) is 24.6 Å². The summed E-state index contributed by atoms with van der Waals surface area (Å²) in [5.41, 5.74) is 0. The molecule has 0 radical (unpaired) electrons. The molecule has 102 valence electrons. The average Bonchev–Trinajstić information content (AvgIpc) is 2.29. The molecule has 1 atom stereocenters. The second kappa shape index (κ2) is 6.72. The molecule has 1 unspecified atom stereocenters. The molecule has 0 fully saturated rings. The number of hydrogen-bond donors (Lipinski definition) is 2. The Bertz CT molecular complexity index is 467. The fraction of sp³-hybridized carbons (Fsp3) is 0.500. The molecule has 1 aromatic rings. The van der Waals surface area contributed by atoms with E-state index < -0.39 is 10.0 Å². The van der Waals surface area contributed by atoms with Crippen molar-refractivity contribution >= 4 is 10.0 Å². The molecule has 0 saturated carbocycles. The molecule has 2 N–H and O–H groups in total. The molecule has 0 amide bonds. The lowest BCUT2D eigenvalue weighted by molar-refractivity contribution is 0.171. The third kappa shape index (κ3) is 4.29. The zero-order chi connectivity index (χ0) is 13.6. The third-order valence-corrected chi connectivity index (χ3v) is 3.97. The summed E-state index contributed by atoms with van der Waals surface area (Å²) in [6.07, 6.45) is 1.56. The van der Waals surface area contributed by atoms with Crippen molar-refractivity contribution in [3.63, 3.8) is 0 Å². The van der Waals surface area contributed by atoms with E-state index in [1.54, 1.807) is 0 Å². The maximum atomic E-state index is 12.1. The number of rotatable bonds is 7. The predicted molar refractivity (Wildman–Crippen MR) is 69.0 cm³/mol. The van der Waals surface area contributed by atoms with Gasteiger partial charge in [0.15, 0.2) is 0 Å². The Morgan fingerprint density at radius 3 is 2.72 bits per heavy atom. The smallest absolute Gasteiger partial charge is 0.241 e. The van der Waals surface area contributed by atoms with E-state index in [9.17, 15) is 13.5 Å². The highest BCUT2D eigenvalue weighted by Gasteiger charge is 2.19. The van der Waals surface area contributed by atoms with Gasteiger partial charge in [-0.1, -0.05) is 19.4 Å². The van der Waals surface area contributed by atoms with Crippen LogP contribution in [0, 0.1) is 0 Å². The standard InChI is InChI=1S/C12H19NO4S/c1-3-5-10(9-17-2)13-18(15,16)12-7-4-6-11(14)8-12/h4,6-8,10,13-14H,3,5,9H2,1-2H3. The van der Waals surface area contributed by atoms with Crippen LogP contribution in [0.25, 0.3) is 0 Å². The van der Waals surface area contributed by atoms with E-state index in [-0.39, 0.29) is 16.7 Å². The Kier molecular flexibility index (Phi) is 5.58. The van der Waals surface area contributed by atoms with Gasteiger partial charge >= 0.3 is 0 Å². The fourth-order valence-electron chi connectivity index (χ4n) is 1.66. The summed E-state index contributed by atoms with van der Waals surface area (Å²) in [6, 6.07) is 5.33. The maximum Gasteiger partial charge on any atom is 0.241 e. The first-order chi connectivity index (χ1) is 8.49. The Morgan fingerprint density at radius 1 is 1.44 bits per heavy atom. The highest BCUT2D eigenvalue weighted by molar-refractivity contribution is 7.89. The van der Waals surface area contributed by atoms with Crippen LogP contribution in [0.2, 0.25) is 0 Å². The Balaban J connectivity index is 2.86. The summed E-state index contributed by atoms with van der Waals surface area (Å²) in [5.74, 6) is -0.0725. The van der Waals surface area contributed by atoms with Crippen molar-refractivity contribution in [1.29, 1.82) is 0 Å². The topological polar surface area (TPSA) is 75.6 Å². The molecule has 6 heteroatoms. The van der Waals surface area contributed by atoms with Crippen LogP contribution in [0.1, 0.15) is 19.8 Å². The number of methoxy groups -OCH3 is 1. The second-order valence-electron chi connectivity index (χ2n) is 4.06. The van der Waals surface area contributed by atoms with Crippen LogP contribution in [0.4, 0.5) is 0 Å². The number of hydrogen-bond acceptors (Lipinski definition) is 4. The monoisotopic (exact) mass is 273 g/mol. The molecule has 18 heavy (non-hydrogen) atoms. The number of phenols is 1. The van der Waals surface area contributed by atoms with E-state index in [1.165, 1.54) is 31.4 Å². The Morgan fingerprint density at radius 2 is 2.17 bits per heavy atom. The van der Waals surface area contributed by atoms with Crippen molar-refractivity contribution in [2.45, 2.75) is 30.7 Å². The number of aromatic hydroxyl groups is 1. The van der Waals surface area contributed by atoms with Crippen LogP contribution in [-0.2, 0) is 14.8 Å². The first-order valence-electron chi connectivity index (χ1n) is 5.80. The normalized spacial score (nSPS) is 13.4. The maximum absolute atomic E-state index is 12.1. The van der Waals surface area contributed by atoms with Crippen LogP contribution < -0.4 is 4.72 Å². The number of phenolic OH excluding ortho intramolecular Hbond substituents is 1. The van der Waals surface area contributed by atoms with Gasteiger partial charge in [0, 0.05) is 13.2 Å². The second-order valence-corrected chi connectivity index (χ2v) is 5.77. The lowest BCUT2D eigenvalue weighted by Crippen LogP contribution is -2.37. The molecule has 5 nitrogen and oxygen atoms in total. The van der Waals surface area contributed by atoms with Crippen molar-refractivity contribution in [3.8, 4) is 5.75 Å². The number of sulfonamides is 1. The number of nitrogens with one attached hydrogen (secondary N) is 1. The molecular formula is C12H19NO4S. The molecule has 0 aliphatic rings. The van der Waals surface area contributed by atoms with E-state index in [0.29, 0.717) is 13.0 Å². The van der Waals surface area contributed by atoms with Gasteiger partial charge in [0.2, 0.25) is 10.0 Å². The van der Waals surface area contributed by atoms with Crippen LogP contribution in [0.3, 0.4) is 0 Å².